The van der Waals surface area contributed by atoms with Crippen LogP contribution in [0.2, 0.25) is 0 Å². The minimum absolute atomic E-state index is 0.181. The number of hydrogen-bond acceptors (Lipinski definition) is 4. The van der Waals surface area contributed by atoms with Gasteiger partial charge in [0.2, 0.25) is 6.79 Å². The lowest BCUT2D eigenvalue weighted by atomic mass is 10.2. The molecule has 0 radical (unpaired) electrons. The highest BCUT2D eigenvalue weighted by molar-refractivity contribution is 9.10. The van der Waals surface area contributed by atoms with E-state index in [-0.39, 0.29) is 12.8 Å². The standard InChI is InChI=1S/C10H9BrO4/c1-2-13-10(12)6-3-7(11)9-8(4-6)14-5-15-9/h3-4H,2,5H2,1H3. The number of hydrogen-bond donors (Lipinski definition) is 0. The summed E-state index contributed by atoms with van der Waals surface area (Å²) in [5.74, 6) is 0.826. The Bertz CT molecular complexity index is 403. The first kappa shape index (κ1) is 10.3. The average Bonchev–Trinajstić information content (AvgIpc) is 2.66. The molecule has 1 heterocycles. The van der Waals surface area contributed by atoms with Crippen LogP contribution < -0.4 is 9.47 Å². The summed E-state index contributed by atoms with van der Waals surface area (Å²) in [6.45, 7) is 2.30. The molecule has 1 aromatic carbocycles. The highest BCUT2D eigenvalue weighted by atomic mass is 79.9. The molecule has 0 bridgehead atoms. The molecular formula is C10H9BrO4. The van der Waals surface area contributed by atoms with Gasteiger partial charge in [0.05, 0.1) is 16.6 Å². The normalized spacial score (nSPS) is 12.7. The van der Waals surface area contributed by atoms with Crippen molar-refractivity contribution in [2.75, 3.05) is 13.4 Å². The molecule has 0 amide bonds. The van der Waals surface area contributed by atoms with Crippen molar-refractivity contribution in [3.63, 3.8) is 0 Å². The summed E-state index contributed by atoms with van der Waals surface area (Å²) in [6.07, 6.45) is 0. The van der Waals surface area contributed by atoms with E-state index < -0.39 is 0 Å². The quantitative estimate of drug-likeness (QED) is 0.776. The first-order valence-electron chi connectivity index (χ1n) is 4.48. The second-order valence-corrected chi connectivity index (χ2v) is 3.77. The van der Waals surface area contributed by atoms with Gasteiger partial charge in [-0.25, -0.2) is 4.79 Å². The number of halogens is 1. The lowest BCUT2D eigenvalue weighted by Crippen LogP contribution is -2.04. The van der Waals surface area contributed by atoms with E-state index in [0.717, 1.165) is 0 Å². The van der Waals surface area contributed by atoms with Gasteiger partial charge in [-0.15, -0.1) is 0 Å². The second-order valence-electron chi connectivity index (χ2n) is 2.91. The summed E-state index contributed by atoms with van der Waals surface area (Å²) >= 11 is 3.30. The van der Waals surface area contributed by atoms with Crippen molar-refractivity contribution in [1.29, 1.82) is 0 Å². The Kier molecular flexibility index (Phi) is 2.81. The van der Waals surface area contributed by atoms with E-state index in [1.54, 1.807) is 19.1 Å². The van der Waals surface area contributed by atoms with Crippen LogP contribution in [-0.4, -0.2) is 19.4 Å². The predicted octanol–water partition coefficient (Wildman–Crippen LogP) is 2.35. The molecule has 1 aliphatic rings. The zero-order chi connectivity index (χ0) is 10.8. The molecule has 80 valence electrons. The fourth-order valence-electron chi connectivity index (χ4n) is 1.30. The van der Waals surface area contributed by atoms with Crippen molar-refractivity contribution in [3.05, 3.63) is 22.2 Å². The molecule has 1 aliphatic heterocycles. The minimum atomic E-state index is -0.364. The number of esters is 1. The van der Waals surface area contributed by atoms with Gasteiger partial charge in [0.25, 0.3) is 0 Å². The van der Waals surface area contributed by atoms with Crippen LogP contribution in [0.4, 0.5) is 0 Å². The largest absolute Gasteiger partial charge is 0.462 e. The number of rotatable bonds is 2. The molecule has 0 saturated carbocycles. The lowest BCUT2D eigenvalue weighted by Gasteiger charge is -2.04. The maximum Gasteiger partial charge on any atom is 0.338 e. The number of ether oxygens (including phenoxy) is 3. The first-order chi connectivity index (χ1) is 7.22. The van der Waals surface area contributed by atoms with Crippen LogP contribution in [0.3, 0.4) is 0 Å². The van der Waals surface area contributed by atoms with Gasteiger partial charge in [0.15, 0.2) is 11.5 Å². The molecule has 15 heavy (non-hydrogen) atoms. The molecule has 5 heteroatoms. The molecular weight excluding hydrogens is 264 g/mol. The Morgan fingerprint density at radius 3 is 3.07 bits per heavy atom. The van der Waals surface area contributed by atoms with E-state index in [9.17, 15) is 4.79 Å². The fourth-order valence-corrected chi connectivity index (χ4v) is 1.86. The molecule has 0 spiro atoms. The van der Waals surface area contributed by atoms with E-state index >= 15 is 0 Å². The van der Waals surface area contributed by atoms with Gasteiger partial charge >= 0.3 is 5.97 Å². The monoisotopic (exact) mass is 272 g/mol. The van der Waals surface area contributed by atoms with Crippen molar-refractivity contribution in [2.24, 2.45) is 0 Å². The van der Waals surface area contributed by atoms with E-state index in [0.29, 0.717) is 28.1 Å². The van der Waals surface area contributed by atoms with Crippen LogP contribution in [-0.2, 0) is 4.74 Å². The third kappa shape index (κ3) is 1.92. The maximum atomic E-state index is 11.5. The van der Waals surface area contributed by atoms with E-state index in [1.165, 1.54) is 0 Å². The fraction of sp³-hybridized carbons (Fsp3) is 0.300. The zero-order valence-electron chi connectivity index (χ0n) is 8.08. The molecule has 0 atom stereocenters. The number of carbonyl (C=O) groups is 1. The van der Waals surface area contributed by atoms with E-state index in [2.05, 4.69) is 15.9 Å². The van der Waals surface area contributed by atoms with Crippen LogP contribution in [0.5, 0.6) is 11.5 Å². The molecule has 4 nitrogen and oxygen atoms in total. The van der Waals surface area contributed by atoms with E-state index in [4.69, 9.17) is 14.2 Å². The molecule has 0 aliphatic carbocycles. The Morgan fingerprint density at radius 1 is 1.53 bits per heavy atom. The van der Waals surface area contributed by atoms with Crippen molar-refractivity contribution < 1.29 is 19.0 Å². The summed E-state index contributed by atoms with van der Waals surface area (Å²) in [7, 11) is 0. The number of carbonyl (C=O) groups excluding carboxylic acids is 1. The summed E-state index contributed by atoms with van der Waals surface area (Å²) in [6, 6.07) is 3.27. The van der Waals surface area contributed by atoms with Crippen LogP contribution in [0.25, 0.3) is 0 Å². The van der Waals surface area contributed by atoms with Gasteiger partial charge in [0.1, 0.15) is 0 Å². The van der Waals surface area contributed by atoms with Gasteiger partial charge in [-0.05, 0) is 35.0 Å². The third-order valence-corrected chi connectivity index (χ3v) is 2.53. The smallest absolute Gasteiger partial charge is 0.338 e. The van der Waals surface area contributed by atoms with Gasteiger partial charge in [0, 0.05) is 0 Å². The van der Waals surface area contributed by atoms with Gasteiger partial charge in [-0.2, -0.15) is 0 Å². The molecule has 0 aromatic heterocycles. The van der Waals surface area contributed by atoms with Gasteiger partial charge < -0.3 is 14.2 Å². The first-order valence-corrected chi connectivity index (χ1v) is 5.28. The summed E-state index contributed by atoms with van der Waals surface area (Å²) in [4.78, 5) is 11.5. The molecule has 0 N–H and O–H groups in total. The zero-order valence-corrected chi connectivity index (χ0v) is 9.67. The van der Waals surface area contributed by atoms with Gasteiger partial charge in [-0.3, -0.25) is 0 Å². The SMILES string of the molecule is CCOC(=O)c1cc(Br)c2c(c1)OCO2. The molecule has 0 fully saturated rings. The number of fused-ring (bicyclic) bond motifs is 1. The highest BCUT2D eigenvalue weighted by Crippen LogP contribution is 2.40. The Labute approximate surface area is 95.3 Å². The predicted molar refractivity (Wildman–Crippen MR) is 56.2 cm³/mol. The van der Waals surface area contributed by atoms with Crippen molar-refractivity contribution >= 4 is 21.9 Å². The molecule has 0 saturated heterocycles. The number of benzene rings is 1. The maximum absolute atomic E-state index is 11.5. The van der Waals surface area contributed by atoms with Crippen molar-refractivity contribution in [1.82, 2.24) is 0 Å². The van der Waals surface area contributed by atoms with E-state index in [1.807, 2.05) is 0 Å². The van der Waals surface area contributed by atoms with Crippen LogP contribution >= 0.6 is 15.9 Å². The second kappa shape index (κ2) is 4.10. The van der Waals surface area contributed by atoms with Crippen molar-refractivity contribution in [3.8, 4) is 11.5 Å². The van der Waals surface area contributed by atoms with Crippen LogP contribution in [0.15, 0.2) is 16.6 Å². The lowest BCUT2D eigenvalue weighted by molar-refractivity contribution is 0.0526. The summed E-state index contributed by atoms with van der Waals surface area (Å²) in [5, 5.41) is 0. The molecule has 1 aromatic rings. The van der Waals surface area contributed by atoms with Crippen LogP contribution in [0.1, 0.15) is 17.3 Å². The molecule has 0 unspecified atom stereocenters. The Morgan fingerprint density at radius 2 is 2.33 bits per heavy atom. The van der Waals surface area contributed by atoms with Crippen molar-refractivity contribution in [2.45, 2.75) is 6.92 Å². The summed E-state index contributed by atoms with van der Waals surface area (Å²) in [5.41, 5.74) is 0.452. The molecule has 2 rings (SSSR count). The summed E-state index contributed by atoms with van der Waals surface area (Å²) < 4.78 is 16.0. The Balaban J connectivity index is 2.35. The Hall–Kier alpha value is -1.23. The van der Waals surface area contributed by atoms with Crippen LogP contribution in [0, 0.1) is 0 Å². The topological polar surface area (TPSA) is 44.8 Å². The third-order valence-electron chi connectivity index (χ3n) is 1.94. The highest BCUT2D eigenvalue weighted by Gasteiger charge is 2.20. The minimum Gasteiger partial charge on any atom is -0.462 e. The van der Waals surface area contributed by atoms with Gasteiger partial charge in [-0.1, -0.05) is 0 Å². The average molecular weight is 273 g/mol.